The quantitative estimate of drug-likeness (QED) is 0.641. The number of hydrogen-bond acceptors (Lipinski definition) is 3. The van der Waals surface area contributed by atoms with E-state index in [1.165, 1.54) is 0 Å². The topological polar surface area (TPSA) is 50.4 Å². The highest BCUT2D eigenvalue weighted by Gasteiger charge is 2.07. The van der Waals surface area contributed by atoms with Gasteiger partial charge in [-0.15, -0.1) is 6.58 Å². The summed E-state index contributed by atoms with van der Waals surface area (Å²) >= 11 is 4.96. The first-order valence-corrected chi connectivity index (χ1v) is 6.40. The number of amides is 1. The van der Waals surface area contributed by atoms with Crippen molar-refractivity contribution in [2.24, 2.45) is 0 Å². The van der Waals surface area contributed by atoms with E-state index in [0.717, 1.165) is 5.75 Å². The lowest BCUT2D eigenvalue weighted by molar-refractivity contribution is 0.0976. The molecule has 0 atom stereocenters. The summed E-state index contributed by atoms with van der Waals surface area (Å²) in [6, 6.07) is 6.91. The second-order valence-corrected chi connectivity index (χ2v) is 4.55. The molecule has 0 radical (unpaired) electrons. The number of hydrogen-bond donors (Lipinski definition) is 2. The number of carbonyl (C=O) groups is 1. The highest BCUT2D eigenvalue weighted by Crippen LogP contribution is 2.13. The molecular formula is C14H18N2O2S. The van der Waals surface area contributed by atoms with Gasteiger partial charge < -0.3 is 10.1 Å². The maximum atomic E-state index is 11.8. The maximum absolute atomic E-state index is 11.8. The number of nitrogens with one attached hydrogen (secondary N) is 2. The zero-order valence-corrected chi connectivity index (χ0v) is 11.9. The van der Waals surface area contributed by atoms with Crippen LogP contribution in [0.4, 0.5) is 0 Å². The molecule has 1 rings (SSSR count). The average molecular weight is 278 g/mol. The summed E-state index contributed by atoms with van der Waals surface area (Å²) in [5.41, 5.74) is 0.527. The highest BCUT2D eigenvalue weighted by atomic mass is 32.1. The van der Waals surface area contributed by atoms with Crippen molar-refractivity contribution in [2.45, 2.75) is 20.0 Å². The SMILES string of the molecule is C=CCNC(=S)NC(=O)c1ccc(OC(C)C)cc1. The minimum atomic E-state index is -0.252. The van der Waals surface area contributed by atoms with Crippen LogP contribution in [0.2, 0.25) is 0 Å². The Balaban J connectivity index is 2.57. The van der Waals surface area contributed by atoms with E-state index in [1.54, 1.807) is 30.3 Å². The van der Waals surface area contributed by atoms with Crippen LogP contribution in [0, 0.1) is 0 Å². The van der Waals surface area contributed by atoms with Crippen LogP contribution in [0.1, 0.15) is 24.2 Å². The van der Waals surface area contributed by atoms with Gasteiger partial charge in [0.1, 0.15) is 5.75 Å². The number of ether oxygens (including phenoxy) is 1. The minimum Gasteiger partial charge on any atom is -0.491 e. The lowest BCUT2D eigenvalue weighted by Gasteiger charge is -2.10. The molecule has 0 fully saturated rings. The lowest BCUT2D eigenvalue weighted by atomic mass is 10.2. The number of thiocarbonyl (C=S) groups is 1. The molecule has 0 unspecified atom stereocenters. The van der Waals surface area contributed by atoms with Crippen molar-refractivity contribution in [3.05, 3.63) is 42.5 Å². The number of carbonyl (C=O) groups excluding carboxylic acids is 1. The van der Waals surface area contributed by atoms with Gasteiger partial charge in [0, 0.05) is 12.1 Å². The summed E-state index contributed by atoms with van der Waals surface area (Å²) in [6.07, 6.45) is 1.77. The maximum Gasteiger partial charge on any atom is 0.257 e. The van der Waals surface area contributed by atoms with Gasteiger partial charge in [0.25, 0.3) is 5.91 Å². The van der Waals surface area contributed by atoms with E-state index in [-0.39, 0.29) is 17.1 Å². The smallest absolute Gasteiger partial charge is 0.257 e. The molecule has 0 spiro atoms. The van der Waals surface area contributed by atoms with E-state index in [9.17, 15) is 4.79 Å². The number of benzene rings is 1. The summed E-state index contributed by atoms with van der Waals surface area (Å²) in [5, 5.41) is 5.70. The van der Waals surface area contributed by atoms with E-state index in [0.29, 0.717) is 12.1 Å². The first kappa shape index (κ1) is 15.2. The van der Waals surface area contributed by atoms with Crippen LogP contribution in [0.5, 0.6) is 5.75 Å². The Morgan fingerprint density at radius 2 is 2.05 bits per heavy atom. The van der Waals surface area contributed by atoms with Crippen LogP contribution in [0.25, 0.3) is 0 Å². The Morgan fingerprint density at radius 3 is 2.58 bits per heavy atom. The Morgan fingerprint density at radius 1 is 1.42 bits per heavy atom. The first-order chi connectivity index (χ1) is 9.02. The molecule has 1 aromatic rings. The summed E-state index contributed by atoms with van der Waals surface area (Å²) in [4.78, 5) is 11.8. The summed E-state index contributed by atoms with van der Waals surface area (Å²) in [6.45, 7) is 7.97. The molecule has 4 nitrogen and oxygen atoms in total. The van der Waals surface area contributed by atoms with Crippen LogP contribution in [0.15, 0.2) is 36.9 Å². The van der Waals surface area contributed by atoms with Gasteiger partial charge in [0.05, 0.1) is 6.10 Å². The lowest BCUT2D eigenvalue weighted by Crippen LogP contribution is -2.39. The van der Waals surface area contributed by atoms with E-state index in [1.807, 2.05) is 13.8 Å². The molecule has 0 aliphatic carbocycles. The molecule has 1 amide bonds. The van der Waals surface area contributed by atoms with Crippen molar-refractivity contribution < 1.29 is 9.53 Å². The second kappa shape index (κ2) is 7.53. The minimum absolute atomic E-state index is 0.107. The van der Waals surface area contributed by atoms with Gasteiger partial charge in [-0.05, 0) is 50.3 Å². The van der Waals surface area contributed by atoms with Gasteiger partial charge in [0.2, 0.25) is 0 Å². The molecule has 19 heavy (non-hydrogen) atoms. The van der Waals surface area contributed by atoms with Crippen molar-refractivity contribution in [3.63, 3.8) is 0 Å². The van der Waals surface area contributed by atoms with Gasteiger partial charge in [-0.3, -0.25) is 10.1 Å². The van der Waals surface area contributed by atoms with Crippen molar-refractivity contribution in [2.75, 3.05) is 6.54 Å². The predicted octanol–water partition coefficient (Wildman–Crippen LogP) is 2.26. The van der Waals surface area contributed by atoms with Gasteiger partial charge in [-0.1, -0.05) is 6.08 Å². The van der Waals surface area contributed by atoms with Crippen LogP contribution < -0.4 is 15.4 Å². The van der Waals surface area contributed by atoms with Crippen LogP contribution in [-0.4, -0.2) is 23.7 Å². The van der Waals surface area contributed by atoms with Crippen LogP contribution >= 0.6 is 12.2 Å². The van der Waals surface area contributed by atoms with Crippen molar-refractivity contribution >= 4 is 23.2 Å². The standard InChI is InChI=1S/C14H18N2O2S/c1-4-9-15-14(19)16-13(17)11-5-7-12(8-6-11)18-10(2)3/h4-8,10H,1,9H2,2-3H3,(H2,15,16,17,19). The Bertz CT molecular complexity index is 455. The molecule has 0 saturated heterocycles. The molecule has 0 bridgehead atoms. The molecule has 0 heterocycles. The van der Waals surface area contributed by atoms with Crippen LogP contribution in [0.3, 0.4) is 0 Å². The fourth-order valence-corrected chi connectivity index (χ4v) is 1.52. The predicted molar refractivity (Wildman–Crippen MR) is 80.5 cm³/mol. The molecule has 102 valence electrons. The molecule has 0 saturated carbocycles. The fraction of sp³-hybridized carbons (Fsp3) is 0.286. The summed E-state index contributed by atoms with van der Waals surface area (Å²) < 4.78 is 5.50. The van der Waals surface area contributed by atoms with Crippen molar-refractivity contribution in [1.29, 1.82) is 0 Å². The Labute approximate surface area is 118 Å². The summed E-state index contributed by atoms with van der Waals surface area (Å²) in [5.74, 6) is 0.483. The summed E-state index contributed by atoms with van der Waals surface area (Å²) in [7, 11) is 0. The Hall–Kier alpha value is -1.88. The molecule has 0 aromatic heterocycles. The van der Waals surface area contributed by atoms with E-state index >= 15 is 0 Å². The van der Waals surface area contributed by atoms with E-state index in [4.69, 9.17) is 17.0 Å². The van der Waals surface area contributed by atoms with E-state index < -0.39 is 0 Å². The molecule has 1 aromatic carbocycles. The second-order valence-electron chi connectivity index (χ2n) is 4.14. The van der Waals surface area contributed by atoms with Gasteiger partial charge in [0.15, 0.2) is 5.11 Å². The van der Waals surface area contributed by atoms with Gasteiger partial charge >= 0.3 is 0 Å². The molecular weight excluding hydrogens is 260 g/mol. The van der Waals surface area contributed by atoms with Gasteiger partial charge in [-0.2, -0.15) is 0 Å². The third kappa shape index (κ3) is 5.52. The normalized spacial score (nSPS) is 9.84. The Kier molecular flexibility index (Phi) is 6.02. The molecule has 0 aliphatic heterocycles. The van der Waals surface area contributed by atoms with E-state index in [2.05, 4.69) is 17.2 Å². The van der Waals surface area contributed by atoms with Crippen molar-refractivity contribution in [1.82, 2.24) is 10.6 Å². The molecule has 0 aliphatic rings. The van der Waals surface area contributed by atoms with Crippen LogP contribution in [-0.2, 0) is 0 Å². The zero-order chi connectivity index (χ0) is 14.3. The van der Waals surface area contributed by atoms with Crippen molar-refractivity contribution in [3.8, 4) is 5.75 Å². The monoisotopic (exact) mass is 278 g/mol. The zero-order valence-electron chi connectivity index (χ0n) is 11.1. The number of rotatable bonds is 5. The fourth-order valence-electron chi connectivity index (χ4n) is 1.34. The third-order valence-electron chi connectivity index (χ3n) is 2.12. The third-order valence-corrected chi connectivity index (χ3v) is 2.37. The highest BCUT2D eigenvalue weighted by molar-refractivity contribution is 7.80. The average Bonchev–Trinajstić information content (AvgIpc) is 2.36. The van der Waals surface area contributed by atoms with Gasteiger partial charge in [-0.25, -0.2) is 0 Å². The largest absolute Gasteiger partial charge is 0.491 e. The molecule has 2 N–H and O–H groups in total. The first-order valence-electron chi connectivity index (χ1n) is 5.99. The molecule has 5 heteroatoms.